The number of rotatable bonds is 4. The second-order valence-electron chi connectivity index (χ2n) is 3.84. The molecular formula is C16H16O. The molecule has 0 aliphatic carbocycles. The molecule has 86 valence electrons. The van der Waals surface area contributed by atoms with Gasteiger partial charge in [-0.25, -0.2) is 0 Å². The third kappa shape index (κ3) is 3.30. The topological polar surface area (TPSA) is 9.23 Å². The average molecular weight is 224 g/mol. The van der Waals surface area contributed by atoms with Crippen molar-refractivity contribution in [2.45, 2.75) is 6.10 Å². The van der Waals surface area contributed by atoms with Crippen molar-refractivity contribution in [3.05, 3.63) is 77.9 Å². The van der Waals surface area contributed by atoms with Gasteiger partial charge in [0.2, 0.25) is 0 Å². The molecule has 1 unspecified atom stereocenters. The highest BCUT2D eigenvalue weighted by Crippen LogP contribution is 2.18. The Morgan fingerprint density at radius 1 is 0.882 bits per heavy atom. The fourth-order valence-electron chi connectivity index (χ4n) is 1.73. The van der Waals surface area contributed by atoms with Crippen LogP contribution in [-0.4, -0.2) is 7.11 Å². The van der Waals surface area contributed by atoms with E-state index in [9.17, 15) is 0 Å². The van der Waals surface area contributed by atoms with Crippen molar-refractivity contribution < 1.29 is 4.74 Å². The molecule has 0 fully saturated rings. The molecule has 1 nitrogen and oxygen atoms in total. The first-order valence-corrected chi connectivity index (χ1v) is 5.71. The summed E-state index contributed by atoms with van der Waals surface area (Å²) in [4.78, 5) is 0. The minimum absolute atomic E-state index is 0.0106. The summed E-state index contributed by atoms with van der Waals surface area (Å²) in [5.41, 5.74) is 2.35. The highest BCUT2D eigenvalue weighted by Gasteiger charge is 2.04. The molecule has 2 rings (SSSR count). The van der Waals surface area contributed by atoms with Crippen LogP contribution in [0.4, 0.5) is 0 Å². The van der Waals surface area contributed by atoms with Gasteiger partial charge in [-0.2, -0.15) is 0 Å². The quantitative estimate of drug-likeness (QED) is 0.760. The lowest BCUT2D eigenvalue weighted by Gasteiger charge is -2.10. The van der Waals surface area contributed by atoms with Crippen LogP contribution in [0.25, 0.3) is 6.08 Å². The predicted octanol–water partition coefficient (Wildman–Crippen LogP) is 4.09. The zero-order chi connectivity index (χ0) is 11.9. The molecule has 0 aliphatic heterocycles. The number of methoxy groups -OCH3 is 1. The first-order chi connectivity index (χ1) is 8.40. The number of hydrogen-bond acceptors (Lipinski definition) is 1. The van der Waals surface area contributed by atoms with E-state index in [0.29, 0.717) is 0 Å². The maximum Gasteiger partial charge on any atom is 0.101 e. The van der Waals surface area contributed by atoms with Crippen LogP contribution in [0.2, 0.25) is 0 Å². The summed E-state index contributed by atoms with van der Waals surface area (Å²) >= 11 is 0. The number of hydrogen-bond donors (Lipinski definition) is 0. The molecule has 0 heterocycles. The van der Waals surface area contributed by atoms with E-state index in [1.165, 1.54) is 11.1 Å². The predicted molar refractivity (Wildman–Crippen MR) is 71.7 cm³/mol. The van der Waals surface area contributed by atoms with Crippen LogP contribution >= 0.6 is 0 Å². The van der Waals surface area contributed by atoms with Crippen LogP contribution in [0.5, 0.6) is 0 Å². The molecule has 0 aromatic heterocycles. The van der Waals surface area contributed by atoms with Gasteiger partial charge in [-0.05, 0) is 11.1 Å². The van der Waals surface area contributed by atoms with Gasteiger partial charge in [0, 0.05) is 7.11 Å². The molecule has 0 amide bonds. The average Bonchev–Trinajstić information content (AvgIpc) is 2.42. The van der Waals surface area contributed by atoms with Gasteiger partial charge in [-0.1, -0.05) is 72.8 Å². The SMILES string of the molecule is COC(/C=C\c1ccccc1)c1ccccc1. The third-order valence-electron chi connectivity index (χ3n) is 2.65. The van der Waals surface area contributed by atoms with Gasteiger partial charge in [0.05, 0.1) is 0 Å². The normalized spacial score (nSPS) is 12.8. The van der Waals surface area contributed by atoms with Gasteiger partial charge in [0.1, 0.15) is 6.10 Å². The van der Waals surface area contributed by atoms with Gasteiger partial charge in [-0.3, -0.25) is 0 Å². The van der Waals surface area contributed by atoms with Crippen molar-refractivity contribution >= 4 is 6.08 Å². The summed E-state index contributed by atoms with van der Waals surface area (Å²) < 4.78 is 5.47. The number of ether oxygens (including phenoxy) is 1. The van der Waals surface area contributed by atoms with Crippen molar-refractivity contribution in [2.24, 2.45) is 0 Å². The fourth-order valence-corrected chi connectivity index (χ4v) is 1.73. The molecule has 0 bridgehead atoms. The molecule has 17 heavy (non-hydrogen) atoms. The van der Waals surface area contributed by atoms with E-state index in [0.717, 1.165) is 0 Å². The van der Waals surface area contributed by atoms with Gasteiger partial charge in [0.15, 0.2) is 0 Å². The zero-order valence-electron chi connectivity index (χ0n) is 9.91. The van der Waals surface area contributed by atoms with Crippen LogP contribution in [-0.2, 0) is 4.74 Å². The summed E-state index contributed by atoms with van der Waals surface area (Å²) in [7, 11) is 1.73. The minimum atomic E-state index is 0.0106. The zero-order valence-corrected chi connectivity index (χ0v) is 9.91. The van der Waals surface area contributed by atoms with Crippen LogP contribution in [0.1, 0.15) is 17.2 Å². The number of benzene rings is 2. The Morgan fingerprint density at radius 3 is 2.06 bits per heavy atom. The Hall–Kier alpha value is -1.86. The molecule has 0 spiro atoms. The summed E-state index contributed by atoms with van der Waals surface area (Å²) in [5, 5.41) is 0. The minimum Gasteiger partial charge on any atom is -0.373 e. The van der Waals surface area contributed by atoms with E-state index >= 15 is 0 Å². The lowest BCUT2D eigenvalue weighted by atomic mass is 10.1. The maximum absolute atomic E-state index is 5.47. The van der Waals surface area contributed by atoms with Crippen LogP contribution in [0, 0.1) is 0 Å². The van der Waals surface area contributed by atoms with Crippen LogP contribution < -0.4 is 0 Å². The molecule has 0 aliphatic rings. The molecule has 0 N–H and O–H groups in total. The lowest BCUT2D eigenvalue weighted by molar-refractivity contribution is 0.143. The molecule has 2 aromatic rings. The second-order valence-corrected chi connectivity index (χ2v) is 3.84. The molecule has 0 radical (unpaired) electrons. The Kier molecular flexibility index (Phi) is 4.11. The smallest absolute Gasteiger partial charge is 0.101 e. The largest absolute Gasteiger partial charge is 0.373 e. The van der Waals surface area contributed by atoms with E-state index < -0.39 is 0 Å². The molecular weight excluding hydrogens is 208 g/mol. The van der Waals surface area contributed by atoms with E-state index in [4.69, 9.17) is 4.74 Å². The summed E-state index contributed by atoms with van der Waals surface area (Å²) in [6, 6.07) is 20.4. The van der Waals surface area contributed by atoms with Gasteiger partial charge in [-0.15, -0.1) is 0 Å². The van der Waals surface area contributed by atoms with Crippen molar-refractivity contribution in [3.8, 4) is 0 Å². The molecule has 1 heteroatoms. The van der Waals surface area contributed by atoms with E-state index in [1.807, 2.05) is 36.4 Å². The summed E-state index contributed by atoms with van der Waals surface area (Å²) in [6.45, 7) is 0. The molecule has 2 aromatic carbocycles. The summed E-state index contributed by atoms with van der Waals surface area (Å²) in [5.74, 6) is 0. The van der Waals surface area contributed by atoms with Gasteiger partial charge >= 0.3 is 0 Å². The Morgan fingerprint density at radius 2 is 1.47 bits per heavy atom. The van der Waals surface area contributed by atoms with Gasteiger partial charge < -0.3 is 4.74 Å². The molecule has 0 saturated heterocycles. The Bertz CT molecular complexity index is 459. The third-order valence-corrected chi connectivity index (χ3v) is 2.65. The maximum atomic E-state index is 5.47. The summed E-state index contributed by atoms with van der Waals surface area (Å²) in [6.07, 6.45) is 4.17. The molecule has 0 saturated carbocycles. The first-order valence-electron chi connectivity index (χ1n) is 5.71. The van der Waals surface area contributed by atoms with Crippen molar-refractivity contribution in [3.63, 3.8) is 0 Å². The Balaban J connectivity index is 2.14. The van der Waals surface area contributed by atoms with Crippen molar-refractivity contribution in [1.82, 2.24) is 0 Å². The van der Waals surface area contributed by atoms with E-state index in [-0.39, 0.29) is 6.10 Å². The van der Waals surface area contributed by atoms with E-state index in [2.05, 4.69) is 36.4 Å². The standard InChI is InChI=1S/C16H16O/c1-17-16(15-10-6-3-7-11-15)13-12-14-8-4-2-5-9-14/h2-13,16H,1H3/b13-12-. The van der Waals surface area contributed by atoms with E-state index in [1.54, 1.807) is 7.11 Å². The fraction of sp³-hybridized carbons (Fsp3) is 0.125. The van der Waals surface area contributed by atoms with Gasteiger partial charge in [0.25, 0.3) is 0 Å². The van der Waals surface area contributed by atoms with Crippen molar-refractivity contribution in [1.29, 1.82) is 0 Å². The Labute approximate surface area is 102 Å². The van der Waals surface area contributed by atoms with Crippen LogP contribution in [0.15, 0.2) is 66.7 Å². The second kappa shape index (κ2) is 6.02. The highest BCUT2D eigenvalue weighted by molar-refractivity contribution is 5.50. The van der Waals surface area contributed by atoms with Crippen LogP contribution in [0.3, 0.4) is 0 Å². The molecule has 1 atom stereocenters. The highest BCUT2D eigenvalue weighted by atomic mass is 16.5. The first kappa shape index (κ1) is 11.6. The monoisotopic (exact) mass is 224 g/mol. The lowest BCUT2D eigenvalue weighted by Crippen LogP contribution is -1.96. The van der Waals surface area contributed by atoms with Crippen molar-refractivity contribution in [2.75, 3.05) is 7.11 Å².